The summed E-state index contributed by atoms with van der Waals surface area (Å²) in [5, 5.41) is 0. The monoisotopic (exact) mass is 368 g/mol. The summed E-state index contributed by atoms with van der Waals surface area (Å²) in [4.78, 5) is 12.3. The molecule has 1 aromatic carbocycles. The minimum Gasteiger partial charge on any atom is -0.365 e. The van der Waals surface area contributed by atoms with E-state index in [-0.39, 0.29) is 5.78 Å². The molecule has 4 heteroatoms. The van der Waals surface area contributed by atoms with Crippen molar-refractivity contribution in [2.24, 2.45) is 0 Å². The Kier molecular flexibility index (Phi) is 9.45. The predicted molar refractivity (Wildman–Crippen MR) is 107 cm³/mol. The molecule has 1 aromatic rings. The molecule has 0 bridgehead atoms. The fourth-order valence-electron chi connectivity index (χ4n) is 1.59. The average Bonchev–Trinajstić information content (AvgIpc) is 2.58. The van der Waals surface area contributed by atoms with Crippen molar-refractivity contribution in [2.75, 3.05) is 19.1 Å². The molecule has 0 saturated carbocycles. The van der Waals surface area contributed by atoms with Crippen molar-refractivity contribution in [3.63, 3.8) is 0 Å². The number of halogens is 1. The fraction of sp³-hybridized carbons (Fsp3) is 0.286. The molecular weight excluding hydrogens is 348 g/mol. The number of allylic oxidation sites excluding steroid dienone is 1. The zero-order chi connectivity index (χ0) is 18.5. The van der Waals surface area contributed by atoms with E-state index in [1.807, 2.05) is 24.3 Å². The fourth-order valence-corrected chi connectivity index (χ4v) is 2.20. The molecule has 0 heterocycles. The minimum atomic E-state index is -1.59. The largest absolute Gasteiger partial charge is 0.365 e. The van der Waals surface area contributed by atoms with Gasteiger partial charge in [0.25, 0.3) is 0 Å². The van der Waals surface area contributed by atoms with E-state index in [1.165, 1.54) is 0 Å². The van der Waals surface area contributed by atoms with Gasteiger partial charge < -0.3 is 4.74 Å². The third-order valence-electron chi connectivity index (χ3n) is 2.71. The lowest BCUT2D eigenvalue weighted by molar-refractivity contribution is 0.105. The third-order valence-corrected chi connectivity index (χ3v) is 3.77. The highest BCUT2D eigenvalue weighted by Crippen LogP contribution is 2.08. The summed E-state index contributed by atoms with van der Waals surface area (Å²) >= 11 is 5.50. The van der Waals surface area contributed by atoms with E-state index in [9.17, 15) is 4.79 Å². The van der Waals surface area contributed by atoms with Crippen LogP contribution in [0.2, 0.25) is 19.6 Å². The molecule has 0 aliphatic rings. The zero-order valence-corrected chi connectivity index (χ0v) is 16.5. The molecular formula is C21H21ClO2Si. The van der Waals surface area contributed by atoms with Crippen molar-refractivity contribution in [2.45, 2.75) is 19.6 Å². The summed E-state index contributed by atoms with van der Waals surface area (Å²) in [5.41, 5.74) is 4.24. The Labute approximate surface area is 156 Å². The highest BCUT2D eigenvalue weighted by molar-refractivity contribution is 6.84. The Morgan fingerprint density at radius 3 is 2.68 bits per heavy atom. The number of carbonyl (C=O) groups is 1. The highest BCUT2D eigenvalue weighted by Gasteiger charge is 2.10. The van der Waals surface area contributed by atoms with E-state index in [2.05, 4.69) is 54.8 Å². The minimum absolute atomic E-state index is 0.199. The van der Waals surface area contributed by atoms with Gasteiger partial charge in [-0.25, -0.2) is 0 Å². The van der Waals surface area contributed by atoms with Gasteiger partial charge in [0.05, 0.1) is 6.61 Å². The molecule has 0 radical (unpaired) electrons. The number of benzene rings is 1. The molecule has 0 aromatic heterocycles. The molecule has 0 saturated heterocycles. The Morgan fingerprint density at radius 1 is 1.20 bits per heavy atom. The summed E-state index contributed by atoms with van der Waals surface area (Å²) in [6.45, 7) is 7.07. The predicted octanol–water partition coefficient (Wildman–Crippen LogP) is 3.92. The van der Waals surface area contributed by atoms with Crippen molar-refractivity contribution in [3.8, 4) is 35.1 Å². The molecule has 25 heavy (non-hydrogen) atoms. The van der Waals surface area contributed by atoms with Gasteiger partial charge in [-0.2, -0.15) is 0 Å². The van der Waals surface area contributed by atoms with Crippen LogP contribution in [-0.4, -0.2) is 33.0 Å². The third kappa shape index (κ3) is 9.61. The Morgan fingerprint density at radius 2 is 1.96 bits per heavy atom. The number of Topliss-reactive ketones (excluding diaryl/α,β-unsaturated/α-hetero) is 1. The quantitative estimate of drug-likeness (QED) is 0.197. The number of ether oxygens (including phenoxy) is 1. The van der Waals surface area contributed by atoms with Crippen molar-refractivity contribution in [3.05, 3.63) is 47.5 Å². The van der Waals surface area contributed by atoms with Crippen LogP contribution in [0.15, 0.2) is 36.4 Å². The van der Waals surface area contributed by atoms with E-state index in [0.29, 0.717) is 30.2 Å². The highest BCUT2D eigenvalue weighted by atomic mass is 35.5. The van der Waals surface area contributed by atoms with Crippen molar-refractivity contribution in [1.29, 1.82) is 0 Å². The lowest BCUT2D eigenvalue weighted by Crippen LogP contribution is -2.17. The van der Waals surface area contributed by atoms with Crippen LogP contribution in [0.4, 0.5) is 0 Å². The van der Waals surface area contributed by atoms with Crippen LogP contribution >= 0.6 is 11.6 Å². The van der Waals surface area contributed by atoms with E-state index in [0.717, 1.165) is 0 Å². The van der Waals surface area contributed by atoms with Crippen molar-refractivity contribution >= 4 is 25.5 Å². The van der Waals surface area contributed by atoms with Gasteiger partial charge >= 0.3 is 0 Å². The van der Waals surface area contributed by atoms with Crippen LogP contribution in [0.25, 0.3) is 0 Å². The molecule has 0 aliphatic carbocycles. The van der Waals surface area contributed by atoms with E-state index in [4.69, 9.17) is 16.3 Å². The average molecular weight is 369 g/mol. The van der Waals surface area contributed by atoms with Crippen LogP contribution in [0.3, 0.4) is 0 Å². The van der Waals surface area contributed by atoms with Crippen LogP contribution in [-0.2, 0) is 4.74 Å². The maximum Gasteiger partial charge on any atom is 0.236 e. The molecule has 0 fully saturated rings. The van der Waals surface area contributed by atoms with Gasteiger partial charge in [-0.3, -0.25) is 4.79 Å². The topological polar surface area (TPSA) is 26.3 Å². The second-order valence-electron chi connectivity index (χ2n) is 6.07. The number of carbonyl (C=O) groups excluding carboxylic acids is 1. The van der Waals surface area contributed by atoms with Gasteiger partial charge in [0.1, 0.15) is 14.7 Å². The summed E-state index contributed by atoms with van der Waals surface area (Å²) in [5.74, 6) is 14.2. The molecule has 0 aliphatic heterocycles. The molecule has 2 nitrogen and oxygen atoms in total. The number of alkyl halides is 1. The van der Waals surface area contributed by atoms with Gasteiger partial charge in [-0.15, -0.1) is 17.1 Å². The lowest BCUT2D eigenvalue weighted by atomic mass is 10.0. The standard InChI is InChI=1S/C21H21ClO2Si/c1-25(2,3)18-14-21(23)20-13-7-6-12-19(20)11-5-4-9-16-24-17-10-8-15-22/h6-8,10,12-13H,15-17H2,1-3H3/b10-8+. The van der Waals surface area contributed by atoms with Crippen LogP contribution < -0.4 is 0 Å². The first kappa shape index (κ1) is 20.8. The summed E-state index contributed by atoms with van der Waals surface area (Å²) < 4.78 is 5.26. The van der Waals surface area contributed by atoms with Gasteiger partial charge in [0.15, 0.2) is 0 Å². The first-order chi connectivity index (χ1) is 11.9. The summed E-state index contributed by atoms with van der Waals surface area (Å²) in [6.07, 6.45) is 3.65. The van der Waals surface area contributed by atoms with Crippen LogP contribution in [0.5, 0.6) is 0 Å². The SMILES string of the molecule is C[Si](C)(C)C#CC(=O)c1ccccc1C#CC#CCOC/C=C/CCl. The maximum atomic E-state index is 12.3. The van der Waals surface area contributed by atoms with Gasteiger partial charge in [-0.1, -0.05) is 55.8 Å². The number of hydrogen-bond acceptors (Lipinski definition) is 2. The Bertz CT molecular complexity index is 800. The van der Waals surface area contributed by atoms with Crippen LogP contribution in [0, 0.1) is 35.1 Å². The maximum absolute atomic E-state index is 12.3. The summed E-state index contributed by atoms with van der Waals surface area (Å²) in [7, 11) is -1.59. The Balaban J connectivity index is 2.74. The molecule has 0 atom stereocenters. The number of hydrogen-bond donors (Lipinski definition) is 0. The van der Waals surface area contributed by atoms with E-state index < -0.39 is 8.07 Å². The van der Waals surface area contributed by atoms with E-state index in [1.54, 1.807) is 12.1 Å². The molecule has 0 unspecified atom stereocenters. The van der Waals surface area contributed by atoms with Gasteiger partial charge in [-0.05, 0) is 29.9 Å². The first-order valence-corrected chi connectivity index (χ1v) is 11.9. The van der Waals surface area contributed by atoms with E-state index >= 15 is 0 Å². The lowest BCUT2D eigenvalue weighted by Gasteiger charge is -2.03. The van der Waals surface area contributed by atoms with Crippen LogP contribution in [0.1, 0.15) is 15.9 Å². The molecule has 1 rings (SSSR count). The zero-order valence-electron chi connectivity index (χ0n) is 14.8. The number of ketones is 1. The second kappa shape index (κ2) is 11.4. The van der Waals surface area contributed by atoms with Crippen molar-refractivity contribution < 1.29 is 9.53 Å². The Hall–Kier alpha value is -2.22. The molecule has 0 N–H and O–H groups in total. The summed E-state index contributed by atoms with van der Waals surface area (Å²) in [6, 6.07) is 7.19. The smallest absolute Gasteiger partial charge is 0.236 e. The molecule has 0 spiro atoms. The normalized spacial score (nSPS) is 10.1. The molecule has 128 valence electrons. The molecule has 0 amide bonds. The first-order valence-electron chi connectivity index (χ1n) is 7.88. The van der Waals surface area contributed by atoms with Gasteiger partial charge in [0.2, 0.25) is 5.78 Å². The van der Waals surface area contributed by atoms with Gasteiger partial charge in [0, 0.05) is 17.0 Å². The number of rotatable bonds is 5. The second-order valence-corrected chi connectivity index (χ2v) is 11.1. The van der Waals surface area contributed by atoms with Crippen molar-refractivity contribution in [1.82, 2.24) is 0 Å².